The molecule has 0 fully saturated rings. The highest BCUT2D eigenvalue weighted by molar-refractivity contribution is 7.98. The van der Waals surface area contributed by atoms with Gasteiger partial charge in [-0.3, -0.25) is 0 Å². The van der Waals surface area contributed by atoms with Crippen LogP contribution in [0.2, 0.25) is 0 Å². The lowest BCUT2D eigenvalue weighted by Gasteiger charge is -1.97. The normalized spacial score (nSPS) is 10.9. The summed E-state index contributed by atoms with van der Waals surface area (Å²) < 4.78 is 4.76. The van der Waals surface area contributed by atoms with Crippen molar-refractivity contribution in [1.82, 2.24) is 0 Å². The molecule has 0 aromatic rings. The summed E-state index contributed by atoms with van der Waals surface area (Å²) in [6.07, 6.45) is 6.62. The summed E-state index contributed by atoms with van der Waals surface area (Å²) >= 11 is 1.58. The van der Waals surface area contributed by atoms with Crippen molar-refractivity contribution >= 4 is 23.7 Å². The number of carbonyl (C=O) groups is 2. The molecule has 0 heterocycles. The predicted octanol–water partition coefficient (Wildman–Crippen LogP) is 1.09. The van der Waals surface area contributed by atoms with E-state index in [2.05, 4.69) is 0 Å². The second-order valence-corrected chi connectivity index (χ2v) is 3.20. The molecule has 0 aliphatic heterocycles. The molecule has 78 valence electrons. The van der Waals surface area contributed by atoms with Crippen LogP contribution in [0.4, 0.5) is 0 Å². The minimum absolute atomic E-state index is 0.368. The van der Waals surface area contributed by atoms with Gasteiger partial charge in [-0.1, -0.05) is 12.2 Å². The third-order valence-corrected chi connectivity index (χ3v) is 1.69. The van der Waals surface area contributed by atoms with Crippen LogP contribution < -0.4 is 0 Å². The monoisotopic (exact) mass is 216 g/mol. The minimum atomic E-state index is -1.05. The Hall–Kier alpha value is -1.23. The molecule has 0 rings (SSSR count). The second-order valence-electron chi connectivity index (χ2n) is 2.22. The van der Waals surface area contributed by atoms with E-state index in [1.807, 2.05) is 6.26 Å². The number of thioether (sulfide) groups is 1. The number of carboxylic acid groups (broad SMARTS) is 1. The van der Waals surface area contributed by atoms with Gasteiger partial charge in [0.1, 0.15) is 6.61 Å². The van der Waals surface area contributed by atoms with E-state index in [9.17, 15) is 9.59 Å². The number of aliphatic carboxylic acids is 1. The highest BCUT2D eigenvalue weighted by Gasteiger charge is 1.93. The second kappa shape index (κ2) is 8.37. The van der Waals surface area contributed by atoms with Crippen molar-refractivity contribution in [3.63, 3.8) is 0 Å². The molecule has 1 N–H and O–H groups in total. The van der Waals surface area contributed by atoms with Crippen LogP contribution in [0.25, 0.3) is 0 Å². The average Bonchev–Trinajstić information content (AvgIpc) is 2.13. The van der Waals surface area contributed by atoms with Gasteiger partial charge in [-0.2, -0.15) is 11.8 Å². The molecule has 0 aromatic carbocycles. The van der Waals surface area contributed by atoms with Gasteiger partial charge in [-0.25, -0.2) is 9.59 Å². The number of carbonyl (C=O) groups excluding carboxylic acids is 1. The maximum absolute atomic E-state index is 10.9. The van der Waals surface area contributed by atoms with Gasteiger partial charge in [0.05, 0.1) is 0 Å². The minimum Gasteiger partial charge on any atom is -0.478 e. The third-order valence-electron chi connectivity index (χ3n) is 1.11. The van der Waals surface area contributed by atoms with Crippen molar-refractivity contribution in [3.8, 4) is 0 Å². The predicted molar refractivity (Wildman–Crippen MR) is 55.3 cm³/mol. The maximum atomic E-state index is 10.9. The lowest BCUT2D eigenvalue weighted by Crippen LogP contribution is -2.03. The lowest BCUT2D eigenvalue weighted by molar-refractivity contribution is -0.137. The summed E-state index contributed by atoms with van der Waals surface area (Å²) in [6, 6.07) is 0. The van der Waals surface area contributed by atoms with E-state index >= 15 is 0 Å². The van der Waals surface area contributed by atoms with Crippen LogP contribution in [0.5, 0.6) is 0 Å². The number of esters is 1. The van der Waals surface area contributed by atoms with Crippen molar-refractivity contribution in [1.29, 1.82) is 0 Å². The van der Waals surface area contributed by atoms with Gasteiger partial charge in [0, 0.05) is 17.9 Å². The summed E-state index contributed by atoms with van der Waals surface area (Å²) in [5.74, 6) is -0.760. The van der Waals surface area contributed by atoms with Crippen LogP contribution in [-0.4, -0.2) is 35.7 Å². The van der Waals surface area contributed by atoms with E-state index in [0.29, 0.717) is 6.61 Å². The van der Waals surface area contributed by atoms with E-state index in [1.165, 1.54) is 18.2 Å². The Balaban J connectivity index is 3.66. The van der Waals surface area contributed by atoms with E-state index in [0.717, 1.165) is 11.8 Å². The first kappa shape index (κ1) is 12.8. The van der Waals surface area contributed by atoms with Crippen LogP contribution >= 0.6 is 11.8 Å². The largest absolute Gasteiger partial charge is 0.478 e. The van der Waals surface area contributed by atoms with Gasteiger partial charge >= 0.3 is 11.9 Å². The fourth-order valence-electron chi connectivity index (χ4n) is 0.546. The molecule has 0 amide bonds. The summed E-state index contributed by atoms with van der Waals surface area (Å²) in [6.45, 7) is 0.368. The van der Waals surface area contributed by atoms with Crippen molar-refractivity contribution in [2.24, 2.45) is 0 Å². The first-order chi connectivity index (χ1) is 6.66. The molecule has 4 nitrogen and oxygen atoms in total. The van der Waals surface area contributed by atoms with Gasteiger partial charge in [-0.15, -0.1) is 0 Å². The van der Waals surface area contributed by atoms with Crippen LogP contribution in [0, 0.1) is 0 Å². The Morgan fingerprint density at radius 2 is 2.00 bits per heavy atom. The van der Waals surface area contributed by atoms with Gasteiger partial charge in [0.25, 0.3) is 0 Å². The number of carboxylic acids is 1. The van der Waals surface area contributed by atoms with Crippen LogP contribution in [-0.2, 0) is 14.3 Å². The molecule has 0 aromatic heterocycles. The first-order valence-electron chi connectivity index (χ1n) is 3.90. The number of allylic oxidation sites excluding steroid dienone is 2. The van der Waals surface area contributed by atoms with Crippen molar-refractivity contribution in [2.75, 3.05) is 18.6 Å². The van der Waals surface area contributed by atoms with Gasteiger partial charge in [0.15, 0.2) is 0 Å². The highest BCUT2D eigenvalue weighted by atomic mass is 32.2. The Labute approximate surface area is 86.6 Å². The summed E-state index contributed by atoms with van der Waals surface area (Å²) in [5, 5.41) is 8.21. The fraction of sp³-hybridized carbons (Fsp3) is 0.333. The van der Waals surface area contributed by atoms with Crippen molar-refractivity contribution in [2.45, 2.75) is 0 Å². The topological polar surface area (TPSA) is 63.6 Å². The SMILES string of the molecule is CSCCOC(=O)/C=C/C=C\C(=O)O. The smallest absolute Gasteiger partial charge is 0.330 e. The van der Waals surface area contributed by atoms with Crippen molar-refractivity contribution < 1.29 is 19.4 Å². The van der Waals surface area contributed by atoms with Gasteiger partial charge in [0.2, 0.25) is 0 Å². The molecule has 0 bridgehead atoms. The van der Waals surface area contributed by atoms with E-state index in [-0.39, 0.29) is 0 Å². The molecule has 0 saturated heterocycles. The summed E-state index contributed by atoms with van der Waals surface area (Å²) in [4.78, 5) is 20.9. The van der Waals surface area contributed by atoms with Gasteiger partial charge in [-0.05, 0) is 6.26 Å². The van der Waals surface area contributed by atoms with E-state index in [4.69, 9.17) is 9.84 Å². The quantitative estimate of drug-likeness (QED) is 0.311. The summed E-state index contributed by atoms with van der Waals surface area (Å²) in [7, 11) is 0. The Morgan fingerprint density at radius 3 is 2.57 bits per heavy atom. The maximum Gasteiger partial charge on any atom is 0.330 e. The molecular weight excluding hydrogens is 204 g/mol. The van der Waals surface area contributed by atoms with Crippen molar-refractivity contribution in [3.05, 3.63) is 24.3 Å². The zero-order valence-electron chi connectivity index (χ0n) is 7.80. The van der Waals surface area contributed by atoms with Crippen LogP contribution in [0.3, 0.4) is 0 Å². The van der Waals surface area contributed by atoms with Crippen LogP contribution in [0.15, 0.2) is 24.3 Å². The number of rotatable bonds is 6. The third kappa shape index (κ3) is 8.86. The Kier molecular flexibility index (Phi) is 7.64. The zero-order valence-corrected chi connectivity index (χ0v) is 8.62. The average molecular weight is 216 g/mol. The molecule has 14 heavy (non-hydrogen) atoms. The fourth-order valence-corrected chi connectivity index (χ4v) is 0.796. The lowest BCUT2D eigenvalue weighted by atomic mass is 10.4. The molecule has 5 heteroatoms. The standard InChI is InChI=1S/C9H12O4S/c1-14-7-6-13-9(12)5-3-2-4-8(10)11/h2-5H,6-7H2,1H3,(H,10,11)/b4-2-,5-3+. The Bertz CT molecular complexity index is 245. The summed E-state index contributed by atoms with van der Waals surface area (Å²) in [5.41, 5.74) is 0. The zero-order chi connectivity index (χ0) is 10.8. The number of hydrogen-bond acceptors (Lipinski definition) is 4. The molecule has 0 aliphatic carbocycles. The molecule has 0 radical (unpaired) electrons. The van der Waals surface area contributed by atoms with Gasteiger partial charge < -0.3 is 9.84 Å². The molecular formula is C9H12O4S. The Morgan fingerprint density at radius 1 is 1.36 bits per heavy atom. The molecule has 0 atom stereocenters. The number of hydrogen-bond donors (Lipinski definition) is 1. The van der Waals surface area contributed by atoms with E-state index in [1.54, 1.807) is 11.8 Å². The van der Waals surface area contributed by atoms with E-state index < -0.39 is 11.9 Å². The van der Waals surface area contributed by atoms with Crippen LogP contribution in [0.1, 0.15) is 0 Å². The molecule has 0 saturated carbocycles. The molecule has 0 unspecified atom stereocenters. The highest BCUT2D eigenvalue weighted by Crippen LogP contribution is 1.91. The molecule has 0 spiro atoms. The number of ether oxygens (including phenoxy) is 1. The molecule has 0 aliphatic rings. The first-order valence-corrected chi connectivity index (χ1v) is 5.29.